The van der Waals surface area contributed by atoms with Crippen LogP contribution in [-0.4, -0.2) is 63.9 Å². The lowest BCUT2D eigenvalue weighted by atomic mass is 9.85. The van der Waals surface area contributed by atoms with Gasteiger partial charge < -0.3 is 19.7 Å². The van der Waals surface area contributed by atoms with Crippen LogP contribution in [0.2, 0.25) is 0 Å². The Morgan fingerprint density at radius 3 is 2.59 bits per heavy atom. The first kappa shape index (κ1) is 12.8. The molecule has 2 rings (SSSR count). The normalized spacial score (nSPS) is 25.3. The van der Waals surface area contributed by atoms with Crippen LogP contribution in [0.5, 0.6) is 0 Å². The van der Waals surface area contributed by atoms with Crippen LogP contribution in [-0.2, 0) is 14.3 Å². The summed E-state index contributed by atoms with van der Waals surface area (Å²) in [6.45, 7) is 3.89. The Morgan fingerprint density at radius 2 is 2.12 bits per heavy atom. The van der Waals surface area contributed by atoms with Crippen molar-refractivity contribution >= 4 is 5.97 Å². The van der Waals surface area contributed by atoms with Crippen molar-refractivity contribution in [3.05, 3.63) is 0 Å². The molecule has 2 heterocycles. The summed E-state index contributed by atoms with van der Waals surface area (Å²) < 4.78 is 10.0. The van der Waals surface area contributed by atoms with Gasteiger partial charge in [0.05, 0.1) is 20.3 Å². The van der Waals surface area contributed by atoms with E-state index in [-0.39, 0.29) is 5.97 Å². The van der Waals surface area contributed by atoms with Crippen molar-refractivity contribution < 1.29 is 14.3 Å². The summed E-state index contributed by atoms with van der Waals surface area (Å²) in [7, 11) is 3.59. The molecule has 0 radical (unpaired) electrons. The summed E-state index contributed by atoms with van der Waals surface area (Å²) in [6, 6.07) is 0.522. The molecule has 0 aromatic rings. The molecule has 0 spiro atoms. The molecule has 5 heteroatoms. The first-order valence-electron chi connectivity index (χ1n) is 6.24. The van der Waals surface area contributed by atoms with Crippen LogP contribution in [0.15, 0.2) is 0 Å². The minimum Gasteiger partial charge on any atom is -0.468 e. The zero-order chi connectivity index (χ0) is 12.3. The molecule has 0 amide bonds. The predicted molar refractivity (Wildman–Crippen MR) is 63.8 cm³/mol. The van der Waals surface area contributed by atoms with Gasteiger partial charge in [0, 0.05) is 12.6 Å². The molecule has 0 aromatic heterocycles. The third kappa shape index (κ3) is 2.78. The van der Waals surface area contributed by atoms with Gasteiger partial charge in [-0.3, -0.25) is 4.79 Å². The summed E-state index contributed by atoms with van der Waals surface area (Å²) >= 11 is 0. The van der Waals surface area contributed by atoms with Gasteiger partial charge in [-0.05, 0) is 33.0 Å². The average Bonchev–Trinajstić information content (AvgIpc) is 2.29. The number of esters is 1. The third-order valence-electron chi connectivity index (χ3n) is 3.82. The highest BCUT2D eigenvalue weighted by Gasteiger charge is 2.47. The lowest BCUT2D eigenvalue weighted by molar-refractivity contribution is -0.182. The fourth-order valence-electron chi connectivity index (χ4n) is 2.41. The van der Waals surface area contributed by atoms with E-state index in [4.69, 9.17) is 9.47 Å². The number of piperidine rings is 1. The molecule has 0 atom stereocenters. The molecule has 0 saturated carbocycles. The van der Waals surface area contributed by atoms with E-state index < -0.39 is 5.41 Å². The molecule has 2 fully saturated rings. The maximum Gasteiger partial charge on any atom is 0.317 e. The van der Waals surface area contributed by atoms with E-state index in [1.54, 1.807) is 0 Å². The van der Waals surface area contributed by atoms with E-state index in [1.807, 2.05) is 0 Å². The number of carbonyl (C=O) groups is 1. The maximum atomic E-state index is 11.7. The van der Waals surface area contributed by atoms with Crippen molar-refractivity contribution in [1.82, 2.24) is 10.2 Å². The zero-order valence-electron chi connectivity index (χ0n) is 10.7. The molecule has 17 heavy (non-hydrogen) atoms. The van der Waals surface area contributed by atoms with Crippen LogP contribution in [0.4, 0.5) is 0 Å². The number of ether oxygens (including phenoxy) is 2. The van der Waals surface area contributed by atoms with E-state index in [9.17, 15) is 4.79 Å². The standard InChI is InChI=1S/C12H22N2O3/c1-14-5-3-10(4-6-14)13-7-12(8-17-9-12)11(15)16-2/h10,13H,3-9H2,1-2H3. The van der Waals surface area contributed by atoms with Gasteiger partial charge in [0.1, 0.15) is 5.41 Å². The second-order valence-electron chi connectivity index (χ2n) is 5.22. The molecule has 0 aliphatic carbocycles. The van der Waals surface area contributed by atoms with Crippen LogP contribution in [0.3, 0.4) is 0 Å². The highest BCUT2D eigenvalue weighted by atomic mass is 16.5. The van der Waals surface area contributed by atoms with Crippen molar-refractivity contribution in [3.63, 3.8) is 0 Å². The summed E-state index contributed by atoms with van der Waals surface area (Å²) in [4.78, 5) is 14.0. The number of carbonyl (C=O) groups excluding carboxylic acids is 1. The van der Waals surface area contributed by atoms with E-state index >= 15 is 0 Å². The van der Waals surface area contributed by atoms with Crippen molar-refractivity contribution in [1.29, 1.82) is 0 Å². The Kier molecular flexibility index (Phi) is 4.01. The molecular weight excluding hydrogens is 220 g/mol. The molecule has 0 unspecified atom stereocenters. The van der Waals surface area contributed by atoms with Crippen molar-refractivity contribution in [2.75, 3.05) is 47.0 Å². The van der Waals surface area contributed by atoms with Gasteiger partial charge in [0.15, 0.2) is 0 Å². The Labute approximate surface area is 102 Å². The molecule has 2 aliphatic rings. The lowest BCUT2D eigenvalue weighted by Crippen LogP contribution is -2.57. The quantitative estimate of drug-likeness (QED) is 0.695. The van der Waals surface area contributed by atoms with Crippen LogP contribution >= 0.6 is 0 Å². The number of likely N-dealkylation sites (tertiary alicyclic amines) is 1. The summed E-state index contributed by atoms with van der Waals surface area (Å²) in [5, 5.41) is 3.49. The first-order chi connectivity index (χ1) is 8.16. The number of methoxy groups -OCH3 is 1. The van der Waals surface area contributed by atoms with Gasteiger partial charge in [-0.1, -0.05) is 0 Å². The molecule has 1 N–H and O–H groups in total. The molecule has 5 nitrogen and oxygen atoms in total. The monoisotopic (exact) mass is 242 g/mol. The number of hydrogen-bond acceptors (Lipinski definition) is 5. The summed E-state index contributed by atoms with van der Waals surface area (Å²) in [6.07, 6.45) is 2.29. The fraction of sp³-hybridized carbons (Fsp3) is 0.917. The van der Waals surface area contributed by atoms with Gasteiger partial charge in [0.25, 0.3) is 0 Å². The largest absolute Gasteiger partial charge is 0.468 e. The summed E-state index contributed by atoms with van der Waals surface area (Å²) in [5.41, 5.74) is -0.432. The van der Waals surface area contributed by atoms with Gasteiger partial charge in [0.2, 0.25) is 0 Å². The molecular formula is C12H22N2O3. The minimum atomic E-state index is -0.432. The highest BCUT2D eigenvalue weighted by molar-refractivity contribution is 5.78. The lowest BCUT2D eigenvalue weighted by Gasteiger charge is -2.40. The second-order valence-corrected chi connectivity index (χ2v) is 5.22. The fourth-order valence-corrected chi connectivity index (χ4v) is 2.41. The van der Waals surface area contributed by atoms with Crippen LogP contribution in [0.25, 0.3) is 0 Å². The van der Waals surface area contributed by atoms with Crippen LogP contribution in [0.1, 0.15) is 12.8 Å². The van der Waals surface area contributed by atoms with Gasteiger partial charge >= 0.3 is 5.97 Å². The van der Waals surface area contributed by atoms with Crippen LogP contribution < -0.4 is 5.32 Å². The first-order valence-corrected chi connectivity index (χ1v) is 6.24. The van der Waals surface area contributed by atoms with Gasteiger partial charge in [-0.2, -0.15) is 0 Å². The number of rotatable bonds is 4. The SMILES string of the molecule is COC(=O)C1(CNC2CCN(C)CC2)COC1. The third-order valence-corrected chi connectivity index (χ3v) is 3.82. The molecule has 98 valence electrons. The Bertz CT molecular complexity index is 271. The number of nitrogens with one attached hydrogen (secondary N) is 1. The van der Waals surface area contributed by atoms with E-state index in [0.717, 1.165) is 25.9 Å². The number of nitrogens with zero attached hydrogens (tertiary/aromatic N) is 1. The Hall–Kier alpha value is -0.650. The summed E-state index contributed by atoms with van der Waals surface area (Å²) in [5.74, 6) is -0.149. The van der Waals surface area contributed by atoms with Crippen molar-refractivity contribution in [2.45, 2.75) is 18.9 Å². The Morgan fingerprint density at radius 1 is 1.47 bits per heavy atom. The molecule has 0 bridgehead atoms. The smallest absolute Gasteiger partial charge is 0.317 e. The van der Waals surface area contributed by atoms with E-state index in [1.165, 1.54) is 7.11 Å². The maximum absolute atomic E-state index is 11.7. The highest BCUT2D eigenvalue weighted by Crippen LogP contribution is 2.28. The van der Waals surface area contributed by atoms with Gasteiger partial charge in [-0.25, -0.2) is 0 Å². The predicted octanol–water partition coefficient (Wildman–Crippen LogP) is -0.140. The second kappa shape index (κ2) is 5.33. The molecule has 0 aromatic carbocycles. The van der Waals surface area contributed by atoms with Gasteiger partial charge in [-0.15, -0.1) is 0 Å². The average molecular weight is 242 g/mol. The molecule has 2 saturated heterocycles. The van der Waals surface area contributed by atoms with E-state index in [0.29, 0.717) is 25.8 Å². The van der Waals surface area contributed by atoms with E-state index in [2.05, 4.69) is 17.3 Å². The van der Waals surface area contributed by atoms with Crippen molar-refractivity contribution in [3.8, 4) is 0 Å². The minimum absolute atomic E-state index is 0.149. The Balaban J connectivity index is 1.78. The van der Waals surface area contributed by atoms with Crippen LogP contribution in [0, 0.1) is 5.41 Å². The number of hydrogen-bond donors (Lipinski definition) is 1. The topological polar surface area (TPSA) is 50.8 Å². The zero-order valence-corrected chi connectivity index (χ0v) is 10.7. The van der Waals surface area contributed by atoms with Crippen molar-refractivity contribution in [2.24, 2.45) is 5.41 Å². The molecule has 2 aliphatic heterocycles.